The van der Waals surface area contributed by atoms with Gasteiger partial charge in [0.1, 0.15) is 0 Å². The van der Waals surface area contributed by atoms with Gasteiger partial charge in [-0.2, -0.15) is 0 Å². The van der Waals surface area contributed by atoms with Crippen LogP contribution in [0.25, 0.3) is 5.69 Å². The maximum absolute atomic E-state index is 11.9. The van der Waals surface area contributed by atoms with Gasteiger partial charge in [0.15, 0.2) is 11.5 Å². The fraction of sp³-hybridized carbons (Fsp3) is 0.308. The van der Waals surface area contributed by atoms with E-state index in [1.165, 1.54) is 0 Å². The van der Waals surface area contributed by atoms with Gasteiger partial charge in [0.25, 0.3) is 0 Å². The molecular formula is C13H13Br2N3O. The second-order valence-electron chi connectivity index (χ2n) is 4.02. The number of hydrogen-bond acceptors (Lipinski definition) is 3. The molecule has 0 N–H and O–H groups in total. The van der Waals surface area contributed by atoms with Gasteiger partial charge >= 0.3 is 0 Å². The Balaban J connectivity index is 2.60. The number of ketones is 1. The molecule has 0 aliphatic heterocycles. The summed E-state index contributed by atoms with van der Waals surface area (Å²) in [5.74, 6) is 0.0224. The molecule has 2 rings (SSSR count). The number of carbonyl (C=O) groups excluding carboxylic acids is 1. The van der Waals surface area contributed by atoms with E-state index in [1.54, 1.807) is 4.68 Å². The Hall–Kier alpha value is -1.01. The molecule has 0 aliphatic carbocycles. The molecule has 0 aliphatic rings. The van der Waals surface area contributed by atoms with Crippen molar-refractivity contribution in [2.24, 2.45) is 0 Å². The van der Waals surface area contributed by atoms with Gasteiger partial charge in [-0.15, -0.1) is 5.10 Å². The summed E-state index contributed by atoms with van der Waals surface area (Å²) in [5.41, 5.74) is 2.18. The molecule has 19 heavy (non-hydrogen) atoms. The van der Waals surface area contributed by atoms with Gasteiger partial charge in [-0.1, -0.05) is 35.0 Å². The van der Waals surface area contributed by atoms with E-state index in [-0.39, 0.29) is 5.78 Å². The second-order valence-corrected chi connectivity index (χ2v) is 5.79. The molecule has 0 bridgehead atoms. The molecule has 0 fully saturated rings. The van der Waals surface area contributed by atoms with Crippen LogP contribution >= 0.6 is 31.9 Å². The number of hydrogen-bond donors (Lipinski definition) is 0. The number of carbonyl (C=O) groups is 1. The average Bonchev–Trinajstić information content (AvgIpc) is 2.84. The maximum atomic E-state index is 11.9. The minimum atomic E-state index is 0.0224. The molecular weight excluding hydrogens is 374 g/mol. The molecule has 1 aromatic heterocycles. The van der Waals surface area contributed by atoms with Crippen LogP contribution in [-0.2, 0) is 6.42 Å². The van der Waals surface area contributed by atoms with Crippen molar-refractivity contribution in [2.45, 2.75) is 26.7 Å². The number of rotatable bonds is 4. The fourth-order valence-electron chi connectivity index (χ4n) is 1.84. The van der Waals surface area contributed by atoms with E-state index >= 15 is 0 Å². The molecule has 0 saturated carbocycles. The SMILES string of the molecule is CCC(=O)c1nnn(-c2cc(Br)ccc2Br)c1CC. The summed E-state index contributed by atoms with van der Waals surface area (Å²) in [6, 6.07) is 5.81. The first kappa shape index (κ1) is 14.4. The number of benzene rings is 1. The molecule has 0 spiro atoms. The minimum absolute atomic E-state index is 0.0224. The Labute approximate surface area is 128 Å². The standard InChI is InChI=1S/C13H13Br2N3O/c1-3-10-13(12(19)4-2)16-17-18(10)11-7-8(14)5-6-9(11)15/h5-7H,3-4H2,1-2H3. The molecule has 6 heteroatoms. The van der Waals surface area contributed by atoms with Gasteiger partial charge in [-0.05, 0) is 40.5 Å². The third-order valence-electron chi connectivity index (χ3n) is 2.82. The van der Waals surface area contributed by atoms with E-state index in [0.717, 1.165) is 20.3 Å². The van der Waals surface area contributed by atoms with Gasteiger partial charge < -0.3 is 0 Å². The zero-order chi connectivity index (χ0) is 14.0. The molecule has 0 atom stereocenters. The molecule has 0 radical (unpaired) electrons. The van der Waals surface area contributed by atoms with E-state index in [4.69, 9.17) is 0 Å². The summed E-state index contributed by atoms with van der Waals surface area (Å²) < 4.78 is 3.58. The topological polar surface area (TPSA) is 47.8 Å². The first-order valence-corrected chi connectivity index (χ1v) is 7.60. The van der Waals surface area contributed by atoms with Gasteiger partial charge in [0.2, 0.25) is 0 Å². The molecule has 0 saturated heterocycles. The van der Waals surface area contributed by atoms with E-state index < -0.39 is 0 Å². The Morgan fingerprint density at radius 1 is 1.32 bits per heavy atom. The van der Waals surface area contributed by atoms with Crippen molar-refractivity contribution in [3.63, 3.8) is 0 Å². The summed E-state index contributed by atoms with van der Waals surface area (Å²) in [7, 11) is 0. The van der Waals surface area contributed by atoms with Crippen LogP contribution in [0.2, 0.25) is 0 Å². The van der Waals surface area contributed by atoms with Crippen molar-refractivity contribution in [1.29, 1.82) is 0 Å². The van der Waals surface area contributed by atoms with Crippen molar-refractivity contribution >= 4 is 37.6 Å². The third-order valence-corrected chi connectivity index (χ3v) is 3.98. The van der Waals surface area contributed by atoms with Gasteiger partial charge in [-0.3, -0.25) is 4.79 Å². The Bertz CT molecular complexity index is 622. The van der Waals surface area contributed by atoms with Crippen LogP contribution in [-0.4, -0.2) is 20.8 Å². The number of Topliss-reactive ketones (excluding diaryl/α,β-unsaturated/α-hetero) is 1. The van der Waals surface area contributed by atoms with E-state index in [0.29, 0.717) is 18.5 Å². The highest BCUT2D eigenvalue weighted by molar-refractivity contribution is 9.11. The third kappa shape index (κ3) is 2.79. The lowest BCUT2D eigenvalue weighted by molar-refractivity contribution is 0.0982. The van der Waals surface area contributed by atoms with Crippen molar-refractivity contribution in [3.05, 3.63) is 38.5 Å². The predicted octanol–water partition coefficient (Wildman–Crippen LogP) is 3.95. The fourth-order valence-corrected chi connectivity index (χ4v) is 2.61. The van der Waals surface area contributed by atoms with Crippen molar-refractivity contribution in [2.75, 3.05) is 0 Å². The molecule has 0 unspecified atom stereocenters. The Kier molecular flexibility index (Phi) is 4.52. The highest BCUT2D eigenvalue weighted by Crippen LogP contribution is 2.26. The summed E-state index contributed by atoms with van der Waals surface area (Å²) in [4.78, 5) is 11.9. The van der Waals surface area contributed by atoms with Crippen molar-refractivity contribution in [3.8, 4) is 5.69 Å². The van der Waals surface area contributed by atoms with Gasteiger partial charge in [0, 0.05) is 15.4 Å². The summed E-state index contributed by atoms with van der Waals surface area (Å²) in [6.07, 6.45) is 1.14. The van der Waals surface area contributed by atoms with Crippen molar-refractivity contribution < 1.29 is 4.79 Å². The van der Waals surface area contributed by atoms with Crippen LogP contribution in [0.4, 0.5) is 0 Å². The normalized spacial score (nSPS) is 10.7. The van der Waals surface area contributed by atoms with Crippen LogP contribution in [0, 0.1) is 0 Å². The van der Waals surface area contributed by atoms with Gasteiger partial charge in [0.05, 0.1) is 11.4 Å². The summed E-state index contributed by atoms with van der Waals surface area (Å²) in [5, 5.41) is 8.16. The maximum Gasteiger partial charge on any atom is 0.184 e. The molecule has 0 amide bonds. The smallest absolute Gasteiger partial charge is 0.184 e. The molecule has 100 valence electrons. The molecule has 1 heterocycles. The average molecular weight is 387 g/mol. The number of aromatic nitrogens is 3. The van der Waals surface area contributed by atoms with Gasteiger partial charge in [-0.25, -0.2) is 4.68 Å². The van der Waals surface area contributed by atoms with E-state index in [2.05, 4.69) is 42.2 Å². The Morgan fingerprint density at radius 3 is 2.68 bits per heavy atom. The monoisotopic (exact) mass is 385 g/mol. The highest BCUT2D eigenvalue weighted by atomic mass is 79.9. The lowest BCUT2D eigenvalue weighted by atomic mass is 10.1. The zero-order valence-corrected chi connectivity index (χ0v) is 13.8. The summed E-state index contributed by atoms with van der Waals surface area (Å²) in [6.45, 7) is 3.82. The van der Waals surface area contributed by atoms with E-state index in [1.807, 2.05) is 32.0 Å². The van der Waals surface area contributed by atoms with Crippen LogP contribution in [0.15, 0.2) is 27.1 Å². The lowest BCUT2D eigenvalue weighted by Crippen LogP contribution is -2.06. The molecule has 4 nitrogen and oxygen atoms in total. The van der Waals surface area contributed by atoms with Crippen LogP contribution in [0.3, 0.4) is 0 Å². The molecule has 2 aromatic rings. The number of halogens is 2. The highest BCUT2D eigenvalue weighted by Gasteiger charge is 2.19. The largest absolute Gasteiger partial charge is 0.292 e. The quantitative estimate of drug-likeness (QED) is 0.747. The van der Waals surface area contributed by atoms with Crippen LogP contribution in [0.5, 0.6) is 0 Å². The number of nitrogens with zero attached hydrogens (tertiary/aromatic N) is 3. The minimum Gasteiger partial charge on any atom is -0.292 e. The first-order chi connectivity index (χ1) is 9.08. The first-order valence-electron chi connectivity index (χ1n) is 6.01. The predicted molar refractivity (Wildman–Crippen MR) is 80.8 cm³/mol. The lowest BCUT2D eigenvalue weighted by Gasteiger charge is -2.08. The molecule has 1 aromatic carbocycles. The van der Waals surface area contributed by atoms with Crippen LogP contribution < -0.4 is 0 Å². The van der Waals surface area contributed by atoms with Crippen molar-refractivity contribution in [1.82, 2.24) is 15.0 Å². The summed E-state index contributed by atoms with van der Waals surface area (Å²) >= 11 is 6.94. The second kappa shape index (κ2) is 5.96. The zero-order valence-electron chi connectivity index (χ0n) is 10.7. The van der Waals surface area contributed by atoms with Crippen LogP contribution in [0.1, 0.15) is 36.5 Å². The van der Waals surface area contributed by atoms with E-state index in [9.17, 15) is 4.79 Å². The Morgan fingerprint density at radius 2 is 2.05 bits per heavy atom.